The first-order valence-electron chi connectivity index (χ1n) is 9.95. The Bertz CT molecular complexity index is 899. The molecule has 1 saturated heterocycles. The molecule has 8 heteroatoms. The van der Waals surface area contributed by atoms with Crippen LogP contribution in [0.1, 0.15) is 17.8 Å². The number of nitrogens with one attached hydrogen (secondary N) is 1. The molecule has 3 aromatic rings. The van der Waals surface area contributed by atoms with Crippen molar-refractivity contribution in [2.24, 2.45) is 0 Å². The summed E-state index contributed by atoms with van der Waals surface area (Å²) in [5.74, 6) is 1.51. The number of hydrogen-bond donors (Lipinski definition) is 1. The number of fused-ring (bicyclic) bond motifs is 1. The summed E-state index contributed by atoms with van der Waals surface area (Å²) in [6.45, 7) is 9.15. The molecule has 0 aliphatic carbocycles. The van der Waals surface area contributed by atoms with Crippen molar-refractivity contribution in [3.05, 3.63) is 41.7 Å². The Labute approximate surface area is 165 Å². The molecule has 0 amide bonds. The molecule has 1 fully saturated rings. The first-order chi connectivity index (χ1) is 13.7. The molecule has 0 spiro atoms. The largest absolute Gasteiger partial charge is 0.368 e. The first kappa shape index (κ1) is 18.8. The van der Waals surface area contributed by atoms with E-state index in [1.54, 1.807) is 0 Å². The molecule has 28 heavy (non-hydrogen) atoms. The maximum atomic E-state index is 4.58. The fourth-order valence-electron chi connectivity index (χ4n) is 3.53. The van der Waals surface area contributed by atoms with Crippen LogP contribution in [-0.4, -0.2) is 81.1 Å². The molecule has 0 bridgehead atoms. The summed E-state index contributed by atoms with van der Waals surface area (Å²) in [6, 6.07) is 10.2. The molecule has 1 aromatic carbocycles. The Morgan fingerprint density at radius 2 is 1.82 bits per heavy atom. The summed E-state index contributed by atoms with van der Waals surface area (Å²) >= 11 is 0. The fourth-order valence-corrected chi connectivity index (χ4v) is 3.53. The van der Waals surface area contributed by atoms with Gasteiger partial charge in [-0.2, -0.15) is 0 Å². The molecule has 1 N–H and O–H groups in total. The lowest BCUT2D eigenvalue weighted by molar-refractivity contribution is 0.154. The van der Waals surface area contributed by atoms with Gasteiger partial charge < -0.3 is 15.1 Å². The minimum atomic E-state index is 0.649. The van der Waals surface area contributed by atoms with Crippen LogP contribution >= 0.6 is 0 Å². The van der Waals surface area contributed by atoms with Crippen LogP contribution in [0.15, 0.2) is 30.3 Å². The van der Waals surface area contributed by atoms with Gasteiger partial charge >= 0.3 is 0 Å². The smallest absolute Gasteiger partial charge is 0.184 e. The molecule has 0 radical (unpaired) electrons. The molecule has 4 rings (SSSR count). The maximum Gasteiger partial charge on any atom is 0.184 e. The van der Waals surface area contributed by atoms with E-state index in [-0.39, 0.29) is 0 Å². The Kier molecular flexibility index (Phi) is 5.78. The first-order valence-corrected chi connectivity index (χ1v) is 9.95. The van der Waals surface area contributed by atoms with Gasteiger partial charge in [-0.15, -0.1) is 5.10 Å². The van der Waals surface area contributed by atoms with Crippen molar-refractivity contribution in [1.82, 2.24) is 34.8 Å². The highest BCUT2D eigenvalue weighted by Crippen LogP contribution is 2.18. The van der Waals surface area contributed by atoms with Gasteiger partial charge in [0, 0.05) is 32.7 Å². The third-order valence-corrected chi connectivity index (χ3v) is 5.19. The van der Waals surface area contributed by atoms with Crippen LogP contribution in [0.25, 0.3) is 11.2 Å². The number of aromatic nitrogens is 5. The van der Waals surface area contributed by atoms with E-state index < -0.39 is 0 Å². The summed E-state index contributed by atoms with van der Waals surface area (Å²) < 4.78 is 1.84. The molecule has 8 nitrogen and oxygen atoms in total. The van der Waals surface area contributed by atoms with Crippen LogP contribution in [0.3, 0.4) is 0 Å². The third kappa shape index (κ3) is 4.45. The Morgan fingerprint density at radius 1 is 1.04 bits per heavy atom. The van der Waals surface area contributed by atoms with Crippen molar-refractivity contribution in [3.8, 4) is 0 Å². The van der Waals surface area contributed by atoms with Crippen molar-refractivity contribution in [1.29, 1.82) is 0 Å². The standard InChI is InChI=1S/C20H28N8/c1-16-22-19(21-9-6-10-27-13-11-26(2)12-14-27)18-20(23-16)28(25-24-18)15-17-7-4-3-5-8-17/h3-5,7-8H,6,9-15H2,1-2H3,(H,21,22,23). The molecule has 1 aliphatic heterocycles. The number of hydrogen-bond acceptors (Lipinski definition) is 7. The van der Waals surface area contributed by atoms with Gasteiger partial charge in [-0.25, -0.2) is 14.6 Å². The monoisotopic (exact) mass is 380 g/mol. The predicted octanol–water partition coefficient (Wildman–Crippen LogP) is 1.63. The van der Waals surface area contributed by atoms with Crippen molar-refractivity contribution < 1.29 is 0 Å². The van der Waals surface area contributed by atoms with E-state index in [0.717, 1.165) is 68.5 Å². The lowest BCUT2D eigenvalue weighted by Gasteiger charge is -2.32. The number of benzene rings is 1. The molecular formula is C20H28N8. The van der Waals surface area contributed by atoms with Crippen LogP contribution in [-0.2, 0) is 6.54 Å². The summed E-state index contributed by atoms with van der Waals surface area (Å²) in [6.07, 6.45) is 1.08. The van der Waals surface area contributed by atoms with Crippen LogP contribution in [0.2, 0.25) is 0 Å². The molecule has 148 valence electrons. The quantitative estimate of drug-likeness (QED) is 0.624. The molecular weight excluding hydrogens is 352 g/mol. The van der Waals surface area contributed by atoms with Gasteiger partial charge in [0.2, 0.25) is 0 Å². The van der Waals surface area contributed by atoms with E-state index in [1.165, 1.54) is 5.56 Å². The minimum Gasteiger partial charge on any atom is -0.368 e. The number of aryl methyl sites for hydroxylation is 1. The maximum absolute atomic E-state index is 4.58. The SMILES string of the molecule is Cc1nc(NCCCN2CCN(C)CC2)c2nnn(Cc3ccccc3)c2n1. The van der Waals surface area contributed by atoms with Gasteiger partial charge in [-0.3, -0.25) is 0 Å². The minimum absolute atomic E-state index is 0.649. The van der Waals surface area contributed by atoms with Crippen molar-refractivity contribution in [2.45, 2.75) is 19.9 Å². The van der Waals surface area contributed by atoms with E-state index in [4.69, 9.17) is 0 Å². The van der Waals surface area contributed by atoms with Gasteiger partial charge in [-0.05, 0) is 32.5 Å². The highest BCUT2D eigenvalue weighted by Gasteiger charge is 2.15. The molecule has 3 heterocycles. The zero-order valence-electron chi connectivity index (χ0n) is 16.7. The van der Waals surface area contributed by atoms with E-state index in [9.17, 15) is 0 Å². The van der Waals surface area contributed by atoms with E-state index in [2.05, 4.69) is 54.6 Å². The Balaban J connectivity index is 1.40. The molecule has 0 saturated carbocycles. The normalized spacial score (nSPS) is 15.9. The second-order valence-electron chi connectivity index (χ2n) is 7.45. The van der Waals surface area contributed by atoms with Crippen molar-refractivity contribution in [2.75, 3.05) is 51.6 Å². The zero-order valence-corrected chi connectivity index (χ0v) is 16.7. The number of likely N-dealkylation sites (N-methyl/N-ethyl adjacent to an activating group) is 1. The van der Waals surface area contributed by atoms with E-state index in [1.807, 2.05) is 29.8 Å². The zero-order chi connectivity index (χ0) is 19.3. The molecule has 0 atom stereocenters. The van der Waals surface area contributed by atoms with Gasteiger partial charge in [-0.1, -0.05) is 35.5 Å². The van der Waals surface area contributed by atoms with Crippen LogP contribution < -0.4 is 5.32 Å². The average molecular weight is 381 g/mol. The molecule has 2 aromatic heterocycles. The highest BCUT2D eigenvalue weighted by molar-refractivity contribution is 5.82. The summed E-state index contributed by atoms with van der Waals surface area (Å²) in [4.78, 5) is 14.0. The third-order valence-electron chi connectivity index (χ3n) is 5.19. The van der Waals surface area contributed by atoms with E-state index in [0.29, 0.717) is 6.54 Å². The summed E-state index contributed by atoms with van der Waals surface area (Å²) in [7, 11) is 2.19. The van der Waals surface area contributed by atoms with Crippen LogP contribution in [0.5, 0.6) is 0 Å². The average Bonchev–Trinajstić information content (AvgIpc) is 3.10. The van der Waals surface area contributed by atoms with Gasteiger partial charge in [0.15, 0.2) is 17.0 Å². The second-order valence-corrected chi connectivity index (χ2v) is 7.45. The van der Waals surface area contributed by atoms with Gasteiger partial charge in [0.05, 0.1) is 6.54 Å². The lowest BCUT2D eigenvalue weighted by Crippen LogP contribution is -2.44. The molecule has 1 aliphatic rings. The van der Waals surface area contributed by atoms with E-state index >= 15 is 0 Å². The lowest BCUT2D eigenvalue weighted by atomic mass is 10.2. The summed E-state index contributed by atoms with van der Waals surface area (Å²) in [5, 5.41) is 12.1. The number of anilines is 1. The van der Waals surface area contributed by atoms with Crippen molar-refractivity contribution >= 4 is 17.0 Å². The van der Waals surface area contributed by atoms with Crippen molar-refractivity contribution in [3.63, 3.8) is 0 Å². The van der Waals surface area contributed by atoms with Crippen LogP contribution in [0, 0.1) is 6.92 Å². The molecule has 0 unspecified atom stereocenters. The summed E-state index contributed by atoms with van der Waals surface area (Å²) in [5.41, 5.74) is 2.69. The Hall–Kier alpha value is -2.58. The van der Waals surface area contributed by atoms with Gasteiger partial charge in [0.25, 0.3) is 0 Å². The second kappa shape index (κ2) is 8.62. The fraction of sp³-hybridized carbons (Fsp3) is 0.500. The number of rotatable bonds is 7. The Morgan fingerprint density at radius 3 is 2.61 bits per heavy atom. The number of nitrogens with zero attached hydrogens (tertiary/aromatic N) is 7. The topological polar surface area (TPSA) is 75.0 Å². The van der Waals surface area contributed by atoms with Gasteiger partial charge in [0.1, 0.15) is 5.82 Å². The highest BCUT2D eigenvalue weighted by atomic mass is 15.4. The van der Waals surface area contributed by atoms with Crippen LogP contribution in [0.4, 0.5) is 5.82 Å². The predicted molar refractivity (Wildman–Crippen MR) is 110 cm³/mol. The number of piperazine rings is 1.